The molecule has 0 aromatic heterocycles. The number of hydrogen-bond donors (Lipinski definition) is 1. The van der Waals surface area contributed by atoms with E-state index in [1.165, 1.54) is 38.8 Å². The molecule has 3 fully saturated rings. The number of guanidine groups is 1. The van der Waals surface area contributed by atoms with E-state index >= 15 is 0 Å². The van der Waals surface area contributed by atoms with Gasteiger partial charge in [-0.2, -0.15) is 0 Å². The topological polar surface area (TPSA) is 40.1 Å². The first-order valence-corrected chi connectivity index (χ1v) is 9.07. The number of hydrogen-bond acceptors (Lipinski definition) is 3. The molecule has 22 heavy (non-hydrogen) atoms. The number of aliphatic imine (C=N–C) groups is 1. The maximum absolute atomic E-state index is 5.49. The first kappa shape index (κ1) is 16.1. The molecule has 5 heteroatoms. The molecule has 3 rings (SSSR count). The van der Waals surface area contributed by atoms with E-state index in [0.717, 1.165) is 50.8 Å². The number of nitrogens with zero attached hydrogens (tertiary/aromatic N) is 3. The molecular formula is C17H32N4O. The predicted octanol–water partition coefficient (Wildman–Crippen LogP) is 1.40. The van der Waals surface area contributed by atoms with Crippen molar-refractivity contribution in [2.24, 2.45) is 16.8 Å². The summed E-state index contributed by atoms with van der Waals surface area (Å²) >= 11 is 0. The minimum atomic E-state index is 0.658. The third kappa shape index (κ3) is 4.35. The summed E-state index contributed by atoms with van der Waals surface area (Å²) in [6.07, 6.45) is 5.35. The summed E-state index contributed by atoms with van der Waals surface area (Å²) in [6.45, 7) is 9.47. The third-order valence-corrected chi connectivity index (χ3v) is 5.13. The predicted molar refractivity (Wildman–Crippen MR) is 90.2 cm³/mol. The second-order valence-electron chi connectivity index (χ2n) is 7.19. The van der Waals surface area contributed by atoms with E-state index in [9.17, 15) is 0 Å². The number of ether oxygens (including phenoxy) is 1. The van der Waals surface area contributed by atoms with Crippen LogP contribution in [0.15, 0.2) is 4.99 Å². The summed E-state index contributed by atoms with van der Waals surface area (Å²) in [4.78, 5) is 9.88. The molecule has 3 aliphatic rings. The van der Waals surface area contributed by atoms with Crippen molar-refractivity contribution in [3.8, 4) is 0 Å². The van der Waals surface area contributed by atoms with Crippen molar-refractivity contribution in [1.82, 2.24) is 15.1 Å². The molecule has 5 nitrogen and oxygen atoms in total. The van der Waals surface area contributed by atoms with Gasteiger partial charge in [-0.05, 0) is 45.1 Å². The van der Waals surface area contributed by atoms with Crippen molar-refractivity contribution < 1.29 is 4.74 Å². The van der Waals surface area contributed by atoms with Crippen molar-refractivity contribution in [1.29, 1.82) is 0 Å². The fourth-order valence-corrected chi connectivity index (χ4v) is 3.67. The summed E-state index contributed by atoms with van der Waals surface area (Å²) in [5.74, 6) is 2.47. The molecule has 2 aliphatic heterocycles. The zero-order valence-electron chi connectivity index (χ0n) is 14.3. The largest absolute Gasteiger partial charge is 0.381 e. The summed E-state index contributed by atoms with van der Waals surface area (Å²) < 4.78 is 5.49. The van der Waals surface area contributed by atoms with Gasteiger partial charge < -0.3 is 19.9 Å². The fraction of sp³-hybridized carbons (Fsp3) is 0.941. The smallest absolute Gasteiger partial charge is 0.193 e. The minimum absolute atomic E-state index is 0.658. The minimum Gasteiger partial charge on any atom is -0.381 e. The van der Waals surface area contributed by atoms with E-state index < -0.39 is 0 Å². The van der Waals surface area contributed by atoms with Crippen LogP contribution in [0, 0.1) is 11.8 Å². The van der Waals surface area contributed by atoms with E-state index in [-0.39, 0.29) is 0 Å². The highest BCUT2D eigenvalue weighted by atomic mass is 16.5. The lowest BCUT2D eigenvalue weighted by Gasteiger charge is -2.25. The van der Waals surface area contributed by atoms with Crippen LogP contribution >= 0.6 is 0 Å². The Bertz CT molecular complexity index is 377. The van der Waals surface area contributed by atoms with Crippen LogP contribution in [0.5, 0.6) is 0 Å². The maximum atomic E-state index is 5.49. The molecule has 1 N–H and O–H groups in total. The second kappa shape index (κ2) is 7.64. The van der Waals surface area contributed by atoms with Crippen LogP contribution in [0.4, 0.5) is 0 Å². The Labute approximate surface area is 135 Å². The van der Waals surface area contributed by atoms with Crippen molar-refractivity contribution in [2.45, 2.75) is 38.6 Å². The quantitative estimate of drug-likeness (QED) is 0.595. The van der Waals surface area contributed by atoms with Crippen LogP contribution in [-0.4, -0.2) is 74.8 Å². The first-order valence-electron chi connectivity index (χ1n) is 9.07. The van der Waals surface area contributed by atoms with Gasteiger partial charge in [0.05, 0.1) is 6.61 Å². The Morgan fingerprint density at radius 3 is 2.82 bits per heavy atom. The zero-order valence-corrected chi connectivity index (χ0v) is 14.3. The van der Waals surface area contributed by atoms with Gasteiger partial charge in [0.1, 0.15) is 0 Å². The van der Waals surface area contributed by atoms with Crippen LogP contribution in [0.3, 0.4) is 0 Å². The molecule has 126 valence electrons. The SMILES string of the molecule is CCNC(=NCC1CCN(C2CC2)C1)N(C)CC1CCOC1. The van der Waals surface area contributed by atoms with E-state index in [1.54, 1.807) is 0 Å². The molecule has 0 bridgehead atoms. The van der Waals surface area contributed by atoms with Gasteiger partial charge in [0.15, 0.2) is 5.96 Å². The lowest BCUT2D eigenvalue weighted by Crippen LogP contribution is -2.41. The van der Waals surface area contributed by atoms with Crippen LogP contribution in [0.25, 0.3) is 0 Å². The van der Waals surface area contributed by atoms with E-state index in [1.807, 2.05) is 0 Å². The molecule has 1 saturated carbocycles. The van der Waals surface area contributed by atoms with Gasteiger partial charge >= 0.3 is 0 Å². The highest BCUT2D eigenvalue weighted by Gasteiger charge is 2.34. The van der Waals surface area contributed by atoms with Crippen LogP contribution in [0.1, 0.15) is 32.6 Å². The molecule has 0 aromatic carbocycles. The van der Waals surface area contributed by atoms with Crippen molar-refractivity contribution >= 4 is 5.96 Å². The van der Waals surface area contributed by atoms with Gasteiger partial charge in [-0.1, -0.05) is 0 Å². The summed E-state index contributed by atoms with van der Waals surface area (Å²) in [7, 11) is 2.16. The Morgan fingerprint density at radius 1 is 1.27 bits per heavy atom. The Morgan fingerprint density at radius 2 is 2.14 bits per heavy atom. The van der Waals surface area contributed by atoms with Gasteiger partial charge in [0, 0.05) is 51.8 Å². The standard InChI is InChI=1S/C17H32N4O/c1-3-18-17(20(2)11-15-7-9-22-13-15)19-10-14-6-8-21(12-14)16-4-5-16/h14-16H,3-13H2,1-2H3,(H,18,19). The molecule has 0 spiro atoms. The average molecular weight is 308 g/mol. The highest BCUT2D eigenvalue weighted by Crippen LogP contribution is 2.31. The van der Waals surface area contributed by atoms with Crippen molar-refractivity contribution in [3.05, 3.63) is 0 Å². The van der Waals surface area contributed by atoms with E-state index in [4.69, 9.17) is 9.73 Å². The summed E-state index contributed by atoms with van der Waals surface area (Å²) in [5, 5.41) is 3.45. The number of likely N-dealkylation sites (tertiary alicyclic amines) is 1. The van der Waals surface area contributed by atoms with E-state index in [2.05, 4.69) is 29.1 Å². The Hall–Kier alpha value is -0.810. The van der Waals surface area contributed by atoms with Crippen LogP contribution in [-0.2, 0) is 4.74 Å². The molecule has 0 amide bonds. The highest BCUT2D eigenvalue weighted by molar-refractivity contribution is 5.79. The van der Waals surface area contributed by atoms with Crippen molar-refractivity contribution in [3.63, 3.8) is 0 Å². The molecule has 0 aromatic rings. The number of rotatable bonds is 6. The third-order valence-electron chi connectivity index (χ3n) is 5.13. The van der Waals surface area contributed by atoms with Gasteiger partial charge in [-0.25, -0.2) is 0 Å². The van der Waals surface area contributed by atoms with Gasteiger partial charge in [-0.15, -0.1) is 0 Å². The molecule has 1 aliphatic carbocycles. The summed E-state index contributed by atoms with van der Waals surface area (Å²) in [6, 6.07) is 0.909. The molecular weight excluding hydrogens is 276 g/mol. The van der Waals surface area contributed by atoms with Gasteiger partial charge in [0.25, 0.3) is 0 Å². The molecule has 2 saturated heterocycles. The Kier molecular flexibility index (Phi) is 5.58. The summed E-state index contributed by atoms with van der Waals surface area (Å²) in [5.41, 5.74) is 0. The van der Waals surface area contributed by atoms with E-state index in [0.29, 0.717) is 5.92 Å². The van der Waals surface area contributed by atoms with Gasteiger partial charge in [0.2, 0.25) is 0 Å². The van der Waals surface area contributed by atoms with Crippen molar-refractivity contribution in [2.75, 3.05) is 53.0 Å². The fourth-order valence-electron chi connectivity index (χ4n) is 3.67. The lowest BCUT2D eigenvalue weighted by atomic mass is 10.1. The maximum Gasteiger partial charge on any atom is 0.193 e. The molecule has 2 unspecified atom stereocenters. The number of nitrogens with one attached hydrogen (secondary N) is 1. The normalized spacial score (nSPS) is 30.0. The van der Waals surface area contributed by atoms with Crippen LogP contribution in [0.2, 0.25) is 0 Å². The monoisotopic (exact) mass is 308 g/mol. The average Bonchev–Trinajstić information content (AvgIpc) is 3.04. The molecule has 2 heterocycles. The lowest BCUT2D eigenvalue weighted by molar-refractivity contribution is 0.181. The second-order valence-corrected chi connectivity index (χ2v) is 7.19. The van der Waals surface area contributed by atoms with Gasteiger partial charge in [-0.3, -0.25) is 4.99 Å². The Balaban J connectivity index is 1.48. The first-order chi connectivity index (χ1) is 10.8. The van der Waals surface area contributed by atoms with Crippen LogP contribution < -0.4 is 5.32 Å². The molecule has 2 atom stereocenters. The molecule has 0 radical (unpaired) electrons. The zero-order chi connectivity index (χ0) is 15.4.